The first-order valence-corrected chi connectivity index (χ1v) is 5.93. The van der Waals surface area contributed by atoms with Crippen molar-refractivity contribution < 1.29 is 4.79 Å². The fourth-order valence-corrected chi connectivity index (χ4v) is 1.44. The van der Waals surface area contributed by atoms with Gasteiger partial charge in [0.05, 0.1) is 11.9 Å². The van der Waals surface area contributed by atoms with Crippen LogP contribution in [0.5, 0.6) is 0 Å². The van der Waals surface area contributed by atoms with Gasteiger partial charge >= 0.3 is 0 Å². The van der Waals surface area contributed by atoms with E-state index in [-0.39, 0.29) is 5.91 Å². The van der Waals surface area contributed by atoms with E-state index >= 15 is 0 Å². The minimum Gasteiger partial charge on any atom is -0.350 e. The highest BCUT2D eigenvalue weighted by Gasteiger charge is 2.11. The second kappa shape index (κ2) is 5.44. The van der Waals surface area contributed by atoms with Crippen molar-refractivity contribution in [2.75, 3.05) is 6.54 Å². The molecule has 1 aromatic heterocycles. The van der Waals surface area contributed by atoms with E-state index < -0.39 is 0 Å². The summed E-state index contributed by atoms with van der Waals surface area (Å²) in [6.07, 6.45) is 1.47. The molecule has 18 heavy (non-hydrogen) atoms. The lowest BCUT2D eigenvalue weighted by Crippen LogP contribution is -2.27. The van der Waals surface area contributed by atoms with Crippen LogP contribution in [0.1, 0.15) is 24.3 Å². The van der Waals surface area contributed by atoms with Crippen LogP contribution in [-0.4, -0.2) is 27.4 Å². The van der Waals surface area contributed by atoms with E-state index in [1.54, 1.807) is 0 Å². The molecule has 0 saturated heterocycles. The van der Waals surface area contributed by atoms with Crippen LogP contribution in [0.2, 0.25) is 0 Å². The molecule has 2 rings (SSSR count). The van der Waals surface area contributed by atoms with E-state index in [4.69, 9.17) is 0 Å². The summed E-state index contributed by atoms with van der Waals surface area (Å²) in [5, 5.41) is 11.0. The SMILES string of the molecule is CC(C)CNC(=O)c1cnn(-c2ccccc2)n1. The number of aromatic nitrogens is 3. The molecule has 0 unspecified atom stereocenters. The molecule has 0 aliphatic carbocycles. The summed E-state index contributed by atoms with van der Waals surface area (Å²) in [4.78, 5) is 13.2. The molecule has 0 saturated carbocycles. The fraction of sp³-hybridized carbons (Fsp3) is 0.308. The molecular formula is C13H16N4O. The molecule has 1 heterocycles. The van der Waals surface area contributed by atoms with Gasteiger partial charge in [0.25, 0.3) is 5.91 Å². The predicted molar refractivity (Wildman–Crippen MR) is 68.5 cm³/mol. The van der Waals surface area contributed by atoms with Crippen molar-refractivity contribution in [3.05, 3.63) is 42.2 Å². The minimum atomic E-state index is -0.189. The molecule has 5 nitrogen and oxygen atoms in total. The predicted octanol–water partition coefficient (Wildman–Crippen LogP) is 1.65. The van der Waals surface area contributed by atoms with Crippen molar-refractivity contribution in [1.29, 1.82) is 0 Å². The zero-order valence-electron chi connectivity index (χ0n) is 10.5. The fourth-order valence-electron chi connectivity index (χ4n) is 1.44. The van der Waals surface area contributed by atoms with Gasteiger partial charge < -0.3 is 5.32 Å². The highest BCUT2D eigenvalue weighted by atomic mass is 16.2. The largest absolute Gasteiger partial charge is 0.350 e. The van der Waals surface area contributed by atoms with E-state index in [1.807, 2.05) is 44.2 Å². The van der Waals surface area contributed by atoms with Crippen LogP contribution in [0.3, 0.4) is 0 Å². The van der Waals surface area contributed by atoms with Gasteiger partial charge in [0.15, 0.2) is 5.69 Å². The highest BCUT2D eigenvalue weighted by molar-refractivity contribution is 5.91. The molecule has 5 heteroatoms. The van der Waals surface area contributed by atoms with Crippen molar-refractivity contribution in [2.45, 2.75) is 13.8 Å². The van der Waals surface area contributed by atoms with E-state index in [0.29, 0.717) is 18.2 Å². The molecule has 0 radical (unpaired) electrons. The Bertz CT molecular complexity index is 519. The molecule has 1 aromatic carbocycles. The van der Waals surface area contributed by atoms with Crippen LogP contribution in [0, 0.1) is 5.92 Å². The lowest BCUT2D eigenvalue weighted by molar-refractivity contribution is 0.0943. The van der Waals surface area contributed by atoms with Crippen LogP contribution in [0.25, 0.3) is 5.69 Å². The molecule has 0 atom stereocenters. The molecule has 1 N–H and O–H groups in total. The van der Waals surface area contributed by atoms with Gasteiger partial charge in [-0.25, -0.2) is 0 Å². The standard InChI is InChI=1S/C13H16N4O/c1-10(2)8-14-13(18)12-9-15-17(16-12)11-6-4-3-5-7-11/h3-7,9-10H,8H2,1-2H3,(H,14,18). The zero-order valence-corrected chi connectivity index (χ0v) is 10.5. The average Bonchev–Trinajstić information content (AvgIpc) is 2.86. The zero-order chi connectivity index (χ0) is 13.0. The smallest absolute Gasteiger partial charge is 0.273 e. The number of hydrogen-bond acceptors (Lipinski definition) is 3. The molecular weight excluding hydrogens is 228 g/mol. The first-order chi connectivity index (χ1) is 8.66. The number of nitrogens with one attached hydrogen (secondary N) is 1. The maximum absolute atomic E-state index is 11.8. The Morgan fingerprint density at radius 3 is 2.72 bits per heavy atom. The van der Waals surface area contributed by atoms with Crippen molar-refractivity contribution in [1.82, 2.24) is 20.3 Å². The number of rotatable bonds is 4. The van der Waals surface area contributed by atoms with Crippen molar-refractivity contribution in [2.24, 2.45) is 5.92 Å². The van der Waals surface area contributed by atoms with Gasteiger partial charge in [-0.15, -0.1) is 5.10 Å². The van der Waals surface area contributed by atoms with Gasteiger partial charge in [-0.1, -0.05) is 32.0 Å². The van der Waals surface area contributed by atoms with Crippen molar-refractivity contribution >= 4 is 5.91 Å². The lowest BCUT2D eigenvalue weighted by atomic mass is 10.2. The normalized spacial score (nSPS) is 10.6. The molecule has 1 amide bonds. The minimum absolute atomic E-state index is 0.189. The number of para-hydroxylation sites is 1. The Morgan fingerprint density at radius 1 is 1.33 bits per heavy atom. The first kappa shape index (κ1) is 12.3. The van der Waals surface area contributed by atoms with E-state index in [1.165, 1.54) is 11.0 Å². The monoisotopic (exact) mass is 244 g/mol. The van der Waals surface area contributed by atoms with Crippen LogP contribution in [-0.2, 0) is 0 Å². The molecule has 0 bridgehead atoms. The summed E-state index contributed by atoms with van der Waals surface area (Å²) in [6.45, 7) is 4.72. The van der Waals surface area contributed by atoms with Gasteiger partial charge in [0.1, 0.15) is 0 Å². The maximum Gasteiger partial charge on any atom is 0.273 e. The topological polar surface area (TPSA) is 59.8 Å². The van der Waals surface area contributed by atoms with Crippen LogP contribution >= 0.6 is 0 Å². The van der Waals surface area contributed by atoms with Gasteiger partial charge in [-0.3, -0.25) is 4.79 Å². The number of amides is 1. The Morgan fingerprint density at radius 2 is 2.06 bits per heavy atom. The second-order valence-corrected chi connectivity index (χ2v) is 4.46. The summed E-state index contributed by atoms with van der Waals surface area (Å²) in [6, 6.07) is 9.49. The van der Waals surface area contributed by atoms with Gasteiger partial charge in [0, 0.05) is 6.54 Å². The van der Waals surface area contributed by atoms with Crippen molar-refractivity contribution in [3.8, 4) is 5.69 Å². The summed E-state index contributed by atoms with van der Waals surface area (Å²) in [5.41, 5.74) is 1.17. The number of hydrogen-bond donors (Lipinski definition) is 1. The van der Waals surface area contributed by atoms with Gasteiger partial charge in [0.2, 0.25) is 0 Å². The Labute approximate surface area is 106 Å². The Hall–Kier alpha value is -2.17. The molecule has 0 fully saturated rings. The quantitative estimate of drug-likeness (QED) is 0.889. The molecule has 94 valence electrons. The van der Waals surface area contributed by atoms with Gasteiger partial charge in [-0.05, 0) is 18.1 Å². The van der Waals surface area contributed by atoms with Gasteiger partial charge in [-0.2, -0.15) is 9.90 Å². The third-order valence-corrected chi connectivity index (χ3v) is 2.38. The van der Waals surface area contributed by atoms with E-state index in [9.17, 15) is 4.79 Å². The summed E-state index contributed by atoms with van der Waals surface area (Å²) in [5.74, 6) is 0.226. The average molecular weight is 244 g/mol. The maximum atomic E-state index is 11.8. The third-order valence-electron chi connectivity index (χ3n) is 2.38. The first-order valence-electron chi connectivity index (χ1n) is 5.93. The highest BCUT2D eigenvalue weighted by Crippen LogP contribution is 2.04. The number of benzene rings is 1. The Balaban J connectivity index is 2.09. The van der Waals surface area contributed by atoms with Crippen LogP contribution < -0.4 is 5.32 Å². The second-order valence-electron chi connectivity index (χ2n) is 4.46. The van der Waals surface area contributed by atoms with Crippen LogP contribution in [0.4, 0.5) is 0 Å². The molecule has 0 aliphatic rings. The Kier molecular flexibility index (Phi) is 3.72. The van der Waals surface area contributed by atoms with E-state index in [0.717, 1.165) is 5.69 Å². The summed E-state index contributed by atoms with van der Waals surface area (Å²) >= 11 is 0. The molecule has 2 aromatic rings. The number of carbonyl (C=O) groups is 1. The summed E-state index contributed by atoms with van der Waals surface area (Å²) < 4.78 is 0. The number of nitrogens with zero attached hydrogens (tertiary/aromatic N) is 3. The van der Waals surface area contributed by atoms with E-state index in [2.05, 4.69) is 15.5 Å². The number of carbonyl (C=O) groups excluding carboxylic acids is 1. The lowest BCUT2D eigenvalue weighted by Gasteiger charge is -2.04. The molecule has 0 aliphatic heterocycles. The third kappa shape index (κ3) is 2.94. The van der Waals surface area contributed by atoms with Crippen molar-refractivity contribution in [3.63, 3.8) is 0 Å². The summed E-state index contributed by atoms with van der Waals surface area (Å²) in [7, 11) is 0. The molecule has 0 spiro atoms. The van der Waals surface area contributed by atoms with Crippen LogP contribution in [0.15, 0.2) is 36.5 Å².